The summed E-state index contributed by atoms with van der Waals surface area (Å²) < 4.78 is 40.7. The van der Waals surface area contributed by atoms with Gasteiger partial charge in [0.2, 0.25) is 15.9 Å². The van der Waals surface area contributed by atoms with Crippen LogP contribution in [0.25, 0.3) is 0 Å². The van der Waals surface area contributed by atoms with Crippen LogP contribution in [0.5, 0.6) is 0 Å². The maximum atomic E-state index is 13.9. The van der Waals surface area contributed by atoms with Crippen LogP contribution in [0.15, 0.2) is 23.1 Å². The van der Waals surface area contributed by atoms with Crippen molar-refractivity contribution in [2.24, 2.45) is 5.92 Å². The van der Waals surface area contributed by atoms with Gasteiger partial charge in [-0.2, -0.15) is 0 Å². The van der Waals surface area contributed by atoms with Gasteiger partial charge in [-0.1, -0.05) is 0 Å². The van der Waals surface area contributed by atoms with E-state index in [1.165, 1.54) is 12.1 Å². The maximum absolute atomic E-state index is 13.9. The summed E-state index contributed by atoms with van der Waals surface area (Å²) in [7, 11) is -3.90. The molecule has 0 aromatic heterocycles. The van der Waals surface area contributed by atoms with E-state index in [9.17, 15) is 17.6 Å². The largest absolute Gasteiger partial charge is 0.326 e. The molecule has 3 N–H and O–H groups in total. The third-order valence-corrected chi connectivity index (χ3v) is 5.88. The lowest BCUT2D eigenvalue weighted by atomic mass is 10.0. The molecular formula is C16H22FN3O3S. The maximum Gasteiger partial charge on any atom is 0.243 e. The SMILES string of the molecule is O=C(CCC1CCNC1)Nc1ccc(F)c(S(=O)(=O)NC2CC2)c1. The number of carbonyl (C=O) groups excluding carboxylic acids is 1. The van der Waals surface area contributed by atoms with Gasteiger partial charge < -0.3 is 10.6 Å². The van der Waals surface area contributed by atoms with Crippen molar-refractivity contribution in [3.63, 3.8) is 0 Å². The normalized spacial score (nSPS) is 21.0. The van der Waals surface area contributed by atoms with Gasteiger partial charge in [0.15, 0.2) is 0 Å². The first-order valence-electron chi connectivity index (χ1n) is 8.26. The summed E-state index contributed by atoms with van der Waals surface area (Å²) in [5.41, 5.74) is 0.294. The Bertz CT molecular complexity index is 713. The van der Waals surface area contributed by atoms with Crippen molar-refractivity contribution < 1.29 is 17.6 Å². The lowest BCUT2D eigenvalue weighted by Gasteiger charge is -2.11. The molecule has 1 heterocycles. The summed E-state index contributed by atoms with van der Waals surface area (Å²) >= 11 is 0. The minimum Gasteiger partial charge on any atom is -0.326 e. The van der Waals surface area contributed by atoms with Gasteiger partial charge in [-0.15, -0.1) is 0 Å². The fraction of sp³-hybridized carbons (Fsp3) is 0.562. The number of rotatable bonds is 7. The van der Waals surface area contributed by atoms with E-state index in [-0.39, 0.29) is 11.9 Å². The van der Waals surface area contributed by atoms with Gasteiger partial charge in [0.1, 0.15) is 10.7 Å². The standard InChI is InChI=1S/C16H22FN3O3S/c17-14-5-4-13(9-15(14)24(22,23)20-12-2-3-12)19-16(21)6-1-11-7-8-18-10-11/h4-5,9,11-12,18,20H,1-3,6-8,10H2,(H,19,21). The molecule has 1 saturated heterocycles. The molecule has 1 aromatic rings. The molecule has 1 saturated carbocycles. The second-order valence-corrected chi connectivity index (χ2v) is 8.17. The van der Waals surface area contributed by atoms with Crippen molar-refractivity contribution >= 4 is 21.6 Å². The Balaban J connectivity index is 1.63. The molecule has 0 spiro atoms. The number of hydrogen-bond acceptors (Lipinski definition) is 4. The molecule has 0 radical (unpaired) electrons. The van der Waals surface area contributed by atoms with Crippen LogP contribution in [0.2, 0.25) is 0 Å². The topological polar surface area (TPSA) is 87.3 Å². The number of nitrogens with one attached hydrogen (secondary N) is 3. The molecule has 8 heteroatoms. The number of sulfonamides is 1. The zero-order chi connectivity index (χ0) is 17.2. The average molecular weight is 355 g/mol. The van der Waals surface area contributed by atoms with Crippen molar-refractivity contribution in [1.29, 1.82) is 0 Å². The van der Waals surface area contributed by atoms with E-state index in [4.69, 9.17) is 0 Å². The fourth-order valence-corrected chi connectivity index (χ4v) is 4.20. The first kappa shape index (κ1) is 17.3. The van der Waals surface area contributed by atoms with Crippen LogP contribution in [0.1, 0.15) is 32.1 Å². The van der Waals surface area contributed by atoms with E-state index in [0.717, 1.165) is 44.8 Å². The number of carbonyl (C=O) groups is 1. The van der Waals surface area contributed by atoms with Gasteiger partial charge in [-0.3, -0.25) is 4.79 Å². The second-order valence-electron chi connectivity index (χ2n) is 6.49. The van der Waals surface area contributed by atoms with Crippen molar-refractivity contribution in [1.82, 2.24) is 10.0 Å². The Kier molecular flexibility index (Phi) is 5.17. The van der Waals surface area contributed by atoms with Crippen LogP contribution in [0.4, 0.5) is 10.1 Å². The highest BCUT2D eigenvalue weighted by molar-refractivity contribution is 7.89. The van der Waals surface area contributed by atoms with Crippen LogP contribution in [0, 0.1) is 11.7 Å². The number of anilines is 1. The van der Waals surface area contributed by atoms with Gasteiger partial charge in [0.25, 0.3) is 0 Å². The summed E-state index contributed by atoms with van der Waals surface area (Å²) in [5, 5.41) is 5.91. The van der Waals surface area contributed by atoms with E-state index in [1.807, 2.05) is 0 Å². The van der Waals surface area contributed by atoms with Crippen LogP contribution in [-0.2, 0) is 14.8 Å². The summed E-state index contributed by atoms with van der Waals surface area (Å²) in [6.07, 6.45) is 3.76. The molecule has 1 aromatic carbocycles. The van der Waals surface area contributed by atoms with E-state index in [0.29, 0.717) is 18.0 Å². The first-order chi connectivity index (χ1) is 11.4. The van der Waals surface area contributed by atoms with Crippen molar-refractivity contribution in [3.8, 4) is 0 Å². The highest BCUT2D eigenvalue weighted by Crippen LogP contribution is 2.25. The molecule has 6 nitrogen and oxygen atoms in total. The molecule has 2 fully saturated rings. The number of halogens is 1. The van der Waals surface area contributed by atoms with Crippen LogP contribution >= 0.6 is 0 Å². The lowest BCUT2D eigenvalue weighted by Crippen LogP contribution is -2.26. The lowest BCUT2D eigenvalue weighted by molar-refractivity contribution is -0.116. The Hall–Kier alpha value is -1.51. The number of benzene rings is 1. The van der Waals surface area contributed by atoms with Crippen LogP contribution in [0.3, 0.4) is 0 Å². The molecule has 1 unspecified atom stereocenters. The van der Waals surface area contributed by atoms with Gasteiger partial charge in [0.05, 0.1) is 0 Å². The zero-order valence-corrected chi connectivity index (χ0v) is 14.2. The molecule has 1 amide bonds. The number of amides is 1. The predicted octanol–water partition coefficient (Wildman–Crippen LogP) is 1.59. The third kappa shape index (κ3) is 4.52. The van der Waals surface area contributed by atoms with Gasteiger partial charge in [-0.05, 0) is 62.9 Å². The van der Waals surface area contributed by atoms with E-state index in [2.05, 4.69) is 15.4 Å². The van der Waals surface area contributed by atoms with Gasteiger partial charge >= 0.3 is 0 Å². The zero-order valence-electron chi connectivity index (χ0n) is 13.3. The highest BCUT2D eigenvalue weighted by Gasteiger charge is 2.29. The summed E-state index contributed by atoms with van der Waals surface area (Å²) in [6, 6.07) is 3.51. The molecule has 0 bridgehead atoms. The average Bonchev–Trinajstić information content (AvgIpc) is 3.17. The summed E-state index contributed by atoms with van der Waals surface area (Å²) in [5.74, 6) is -0.507. The highest BCUT2D eigenvalue weighted by atomic mass is 32.2. The minimum atomic E-state index is -3.90. The quantitative estimate of drug-likeness (QED) is 0.693. The molecule has 3 rings (SSSR count). The Morgan fingerprint density at radius 2 is 2.08 bits per heavy atom. The van der Waals surface area contributed by atoms with Crippen molar-refractivity contribution in [2.45, 2.75) is 43.0 Å². The third-order valence-electron chi connectivity index (χ3n) is 4.35. The van der Waals surface area contributed by atoms with Gasteiger partial charge in [-0.25, -0.2) is 17.5 Å². The van der Waals surface area contributed by atoms with Gasteiger partial charge in [0, 0.05) is 18.2 Å². The molecule has 2 aliphatic rings. The smallest absolute Gasteiger partial charge is 0.243 e. The van der Waals surface area contributed by atoms with Crippen LogP contribution in [-0.4, -0.2) is 33.5 Å². The molecule has 24 heavy (non-hydrogen) atoms. The van der Waals surface area contributed by atoms with Crippen molar-refractivity contribution in [3.05, 3.63) is 24.0 Å². The van der Waals surface area contributed by atoms with E-state index in [1.54, 1.807) is 0 Å². The first-order valence-corrected chi connectivity index (χ1v) is 9.75. The summed E-state index contributed by atoms with van der Waals surface area (Å²) in [4.78, 5) is 11.6. The number of hydrogen-bond donors (Lipinski definition) is 3. The second kappa shape index (κ2) is 7.16. The molecule has 1 aliphatic carbocycles. The Morgan fingerprint density at radius 3 is 2.75 bits per heavy atom. The fourth-order valence-electron chi connectivity index (χ4n) is 2.79. The van der Waals surface area contributed by atoms with Crippen molar-refractivity contribution in [2.75, 3.05) is 18.4 Å². The molecular weight excluding hydrogens is 333 g/mol. The van der Waals surface area contributed by atoms with E-state index >= 15 is 0 Å². The predicted molar refractivity (Wildman–Crippen MR) is 88.6 cm³/mol. The van der Waals surface area contributed by atoms with Crippen LogP contribution < -0.4 is 15.4 Å². The molecule has 1 aliphatic heterocycles. The molecule has 132 valence electrons. The summed E-state index contributed by atoms with van der Waals surface area (Å²) in [6.45, 7) is 1.92. The monoisotopic (exact) mass is 355 g/mol. The molecule has 1 atom stereocenters. The Morgan fingerprint density at radius 1 is 1.29 bits per heavy atom. The van der Waals surface area contributed by atoms with E-state index < -0.39 is 20.7 Å². The minimum absolute atomic E-state index is 0.104. The Labute approximate surface area is 141 Å².